The molecule has 0 bridgehead atoms. The van der Waals surface area contributed by atoms with Gasteiger partial charge >= 0.3 is 0 Å². The molecule has 1 aliphatic rings. The SMILES string of the molecule is CC1(c2nc3ccc(S(C)(=O)=O)cc3[nH]2)CCCNC1. The van der Waals surface area contributed by atoms with Crippen molar-refractivity contribution >= 4 is 20.9 Å². The second kappa shape index (κ2) is 4.56. The first kappa shape index (κ1) is 13.6. The van der Waals surface area contributed by atoms with Gasteiger partial charge in [-0.25, -0.2) is 13.4 Å². The van der Waals surface area contributed by atoms with Crippen molar-refractivity contribution in [1.82, 2.24) is 15.3 Å². The zero-order valence-electron chi connectivity index (χ0n) is 11.7. The van der Waals surface area contributed by atoms with Crippen LogP contribution in [0.25, 0.3) is 11.0 Å². The van der Waals surface area contributed by atoms with Gasteiger partial charge in [0.2, 0.25) is 0 Å². The Morgan fingerprint density at radius 1 is 1.35 bits per heavy atom. The van der Waals surface area contributed by atoms with Crippen LogP contribution in [0.3, 0.4) is 0 Å². The summed E-state index contributed by atoms with van der Waals surface area (Å²) < 4.78 is 23.2. The van der Waals surface area contributed by atoms with Gasteiger partial charge in [0.1, 0.15) is 5.82 Å². The second-order valence-corrected chi connectivity index (χ2v) is 7.89. The average molecular weight is 293 g/mol. The van der Waals surface area contributed by atoms with E-state index in [0.29, 0.717) is 4.90 Å². The highest BCUT2D eigenvalue weighted by atomic mass is 32.2. The van der Waals surface area contributed by atoms with E-state index in [0.717, 1.165) is 42.8 Å². The predicted molar refractivity (Wildman–Crippen MR) is 78.7 cm³/mol. The summed E-state index contributed by atoms with van der Waals surface area (Å²) in [7, 11) is -3.19. The number of sulfone groups is 1. The molecule has 6 heteroatoms. The van der Waals surface area contributed by atoms with Crippen molar-refractivity contribution in [2.24, 2.45) is 0 Å². The van der Waals surface area contributed by atoms with Crippen molar-refractivity contribution in [1.29, 1.82) is 0 Å². The minimum Gasteiger partial charge on any atom is -0.341 e. The highest BCUT2D eigenvalue weighted by Crippen LogP contribution is 2.30. The molecule has 1 aromatic heterocycles. The lowest BCUT2D eigenvalue weighted by Gasteiger charge is -2.32. The minimum atomic E-state index is -3.19. The molecule has 0 aliphatic carbocycles. The van der Waals surface area contributed by atoms with Crippen molar-refractivity contribution in [2.45, 2.75) is 30.1 Å². The molecule has 0 spiro atoms. The zero-order valence-corrected chi connectivity index (χ0v) is 12.5. The molecule has 1 fully saturated rings. The fourth-order valence-electron chi connectivity index (χ4n) is 2.76. The number of nitrogens with one attached hydrogen (secondary N) is 2. The van der Waals surface area contributed by atoms with Gasteiger partial charge in [-0.3, -0.25) is 0 Å². The van der Waals surface area contributed by atoms with Crippen molar-refractivity contribution in [3.8, 4) is 0 Å². The van der Waals surface area contributed by atoms with Gasteiger partial charge in [0.05, 0.1) is 15.9 Å². The molecule has 0 saturated carbocycles. The highest BCUT2D eigenvalue weighted by Gasteiger charge is 2.31. The predicted octanol–water partition coefficient (Wildman–Crippen LogP) is 1.61. The Labute approximate surface area is 118 Å². The average Bonchev–Trinajstić information content (AvgIpc) is 2.82. The summed E-state index contributed by atoms with van der Waals surface area (Å²) in [6, 6.07) is 5.05. The molecule has 20 heavy (non-hydrogen) atoms. The standard InChI is InChI=1S/C14H19N3O2S/c1-14(6-3-7-15-9-14)13-16-11-5-4-10(20(2,18)19)8-12(11)17-13/h4-5,8,15H,3,6-7,9H2,1-2H3,(H,16,17). The maximum Gasteiger partial charge on any atom is 0.175 e. The van der Waals surface area contributed by atoms with Crippen molar-refractivity contribution in [2.75, 3.05) is 19.3 Å². The van der Waals surface area contributed by atoms with Crippen LogP contribution in [0.4, 0.5) is 0 Å². The van der Waals surface area contributed by atoms with Crippen molar-refractivity contribution in [3.05, 3.63) is 24.0 Å². The minimum absolute atomic E-state index is 0.0114. The molecule has 1 saturated heterocycles. The summed E-state index contributed by atoms with van der Waals surface area (Å²) >= 11 is 0. The van der Waals surface area contributed by atoms with Crippen molar-refractivity contribution in [3.63, 3.8) is 0 Å². The molecule has 3 rings (SSSR count). The lowest BCUT2D eigenvalue weighted by Crippen LogP contribution is -2.41. The number of fused-ring (bicyclic) bond motifs is 1. The first-order valence-electron chi connectivity index (χ1n) is 6.80. The third-order valence-corrected chi connectivity index (χ3v) is 5.16. The number of imidazole rings is 1. The van der Waals surface area contributed by atoms with E-state index < -0.39 is 9.84 Å². The maximum absolute atomic E-state index is 11.6. The van der Waals surface area contributed by atoms with Gasteiger partial charge in [-0.15, -0.1) is 0 Å². The fourth-order valence-corrected chi connectivity index (χ4v) is 3.41. The zero-order chi connectivity index (χ0) is 14.4. The van der Waals surface area contributed by atoms with Crippen LogP contribution in [0.5, 0.6) is 0 Å². The third kappa shape index (κ3) is 2.33. The molecule has 2 N–H and O–H groups in total. The van der Waals surface area contributed by atoms with E-state index in [1.54, 1.807) is 18.2 Å². The van der Waals surface area contributed by atoms with Gasteiger partial charge in [0.15, 0.2) is 9.84 Å². The summed E-state index contributed by atoms with van der Waals surface area (Å²) in [6.07, 6.45) is 3.43. The van der Waals surface area contributed by atoms with E-state index in [2.05, 4.69) is 22.2 Å². The number of piperidine rings is 1. The molecule has 1 aliphatic heterocycles. The monoisotopic (exact) mass is 293 g/mol. The third-order valence-electron chi connectivity index (χ3n) is 4.05. The Morgan fingerprint density at radius 3 is 2.80 bits per heavy atom. The van der Waals surface area contributed by atoms with Gasteiger partial charge < -0.3 is 10.3 Å². The number of H-pyrrole nitrogens is 1. The second-order valence-electron chi connectivity index (χ2n) is 5.88. The molecule has 108 valence electrons. The Bertz CT molecular complexity index is 743. The van der Waals surface area contributed by atoms with E-state index in [-0.39, 0.29) is 5.41 Å². The van der Waals surface area contributed by atoms with Gasteiger partial charge in [0, 0.05) is 18.2 Å². The largest absolute Gasteiger partial charge is 0.341 e. The fraction of sp³-hybridized carbons (Fsp3) is 0.500. The van der Waals surface area contributed by atoms with Crippen LogP contribution < -0.4 is 5.32 Å². The van der Waals surface area contributed by atoms with E-state index in [1.807, 2.05) is 0 Å². The quantitative estimate of drug-likeness (QED) is 0.882. The molecule has 0 amide bonds. The molecule has 5 nitrogen and oxygen atoms in total. The summed E-state index contributed by atoms with van der Waals surface area (Å²) in [6.45, 7) is 4.13. The van der Waals surface area contributed by atoms with Crippen LogP contribution in [0, 0.1) is 0 Å². The number of benzene rings is 1. The van der Waals surface area contributed by atoms with Gasteiger partial charge in [-0.1, -0.05) is 6.92 Å². The topological polar surface area (TPSA) is 74.8 Å². The lowest BCUT2D eigenvalue weighted by atomic mass is 9.82. The number of hydrogen-bond acceptors (Lipinski definition) is 4. The number of rotatable bonds is 2. The molecule has 2 heterocycles. The van der Waals surface area contributed by atoms with E-state index >= 15 is 0 Å². The number of aromatic nitrogens is 2. The van der Waals surface area contributed by atoms with Crippen molar-refractivity contribution < 1.29 is 8.42 Å². The lowest BCUT2D eigenvalue weighted by molar-refractivity contribution is 0.326. The van der Waals surface area contributed by atoms with Crippen LogP contribution >= 0.6 is 0 Å². The Morgan fingerprint density at radius 2 is 2.15 bits per heavy atom. The Hall–Kier alpha value is -1.40. The summed E-state index contributed by atoms with van der Waals surface area (Å²) in [5, 5.41) is 3.40. The van der Waals surface area contributed by atoms with Crippen LogP contribution in [-0.2, 0) is 15.3 Å². The summed E-state index contributed by atoms with van der Waals surface area (Å²) in [5.74, 6) is 0.936. The molecular formula is C14H19N3O2S. The van der Waals surface area contributed by atoms with E-state index in [4.69, 9.17) is 0 Å². The molecule has 1 unspecified atom stereocenters. The maximum atomic E-state index is 11.6. The molecule has 2 aromatic rings. The van der Waals surface area contributed by atoms with Gasteiger partial charge in [0.25, 0.3) is 0 Å². The van der Waals surface area contributed by atoms with Crippen LogP contribution in [0.1, 0.15) is 25.6 Å². The van der Waals surface area contributed by atoms with Gasteiger partial charge in [-0.05, 0) is 37.6 Å². The van der Waals surface area contributed by atoms with Gasteiger partial charge in [-0.2, -0.15) is 0 Å². The number of hydrogen-bond donors (Lipinski definition) is 2. The van der Waals surface area contributed by atoms with E-state index in [1.165, 1.54) is 6.26 Å². The number of nitrogens with zero attached hydrogens (tertiary/aromatic N) is 1. The summed E-state index contributed by atoms with van der Waals surface area (Å²) in [5.41, 5.74) is 1.59. The Balaban J connectivity index is 2.07. The molecule has 1 aromatic carbocycles. The van der Waals surface area contributed by atoms with Crippen LogP contribution in [0.2, 0.25) is 0 Å². The normalized spacial score (nSPS) is 24.1. The van der Waals surface area contributed by atoms with Crippen LogP contribution in [-0.4, -0.2) is 37.7 Å². The smallest absolute Gasteiger partial charge is 0.175 e. The summed E-state index contributed by atoms with van der Waals surface area (Å²) in [4.78, 5) is 8.27. The first-order valence-corrected chi connectivity index (χ1v) is 8.69. The highest BCUT2D eigenvalue weighted by molar-refractivity contribution is 7.90. The first-order chi connectivity index (χ1) is 9.38. The molecule has 0 radical (unpaired) electrons. The van der Waals surface area contributed by atoms with Crippen LogP contribution in [0.15, 0.2) is 23.1 Å². The number of aromatic amines is 1. The molecular weight excluding hydrogens is 274 g/mol. The van der Waals surface area contributed by atoms with E-state index in [9.17, 15) is 8.42 Å². The Kier molecular flexibility index (Phi) is 3.10. The molecule has 1 atom stereocenters.